The lowest BCUT2D eigenvalue weighted by Crippen LogP contribution is -2.46. The van der Waals surface area contributed by atoms with Gasteiger partial charge in [-0.05, 0) is 55.0 Å². The number of fused-ring (bicyclic) bond motifs is 2. The first-order chi connectivity index (χ1) is 13.6. The largest absolute Gasteiger partial charge is 0.337 e. The maximum atomic E-state index is 13.2. The third kappa shape index (κ3) is 2.63. The van der Waals surface area contributed by atoms with Crippen LogP contribution < -0.4 is 5.32 Å². The molecule has 1 fully saturated rings. The standard InChI is InChI=1S/C19H15ClN4O3S/c20-12-5-3-11(4-6-12)16-21-15(27-23-16)10-24-17(25)19(22-18(24)26)8-1-2-14-13(19)7-9-28-14/h3-7,9H,1-2,8,10H2,(H,22,26)/t19-/m1/s1. The molecule has 28 heavy (non-hydrogen) atoms. The molecule has 0 radical (unpaired) electrons. The fourth-order valence-electron chi connectivity index (χ4n) is 3.86. The van der Waals surface area contributed by atoms with Crippen LogP contribution in [-0.2, 0) is 23.3 Å². The average Bonchev–Trinajstić information content (AvgIpc) is 3.40. The number of thiophene rings is 1. The molecule has 1 aliphatic heterocycles. The van der Waals surface area contributed by atoms with E-state index >= 15 is 0 Å². The lowest BCUT2D eigenvalue weighted by atomic mass is 9.80. The van der Waals surface area contributed by atoms with E-state index in [1.54, 1.807) is 35.6 Å². The van der Waals surface area contributed by atoms with Gasteiger partial charge in [0, 0.05) is 21.0 Å². The highest BCUT2D eigenvalue weighted by atomic mass is 35.5. The molecule has 1 N–H and O–H groups in total. The minimum atomic E-state index is -0.969. The summed E-state index contributed by atoms with van der Waals surface area (Å²) in [6.07, 6.45) is 2.39. The third-order valence-electron chi connectivity index (χ3n) is 5.20. The van der Waals surface area contributed by atoms with Gasteiger partial charge in [-0.25, -0.2) is 4.79 Å². The van der Waals surface area contributed by atoms with Crippen LogP contribution in [0.15, 0.2) is 40.2 Å². The van der Waals surface area contributed by atoms with Crippen LogP contribution in [0, 0.1) is 0 Å². The van der Waals surface area contributed by atoms with Crippen LogP contribution in [0.2, 0.25) is 5.02 Å². The van der Waals surface area contributed by atoms with Crippen LogP contribution in [0.3, 0.4) is 0 Å². The Labute approximate surface area is 169 Å². The van der Waals surface area contributed by atoms with Crippen LogP contribution in [0.4, 0.5) is 4.79 Å². The molecule has 1 aromatic carbocycles. The Balaban J connectivity index is 1.41. The molecule has 3 aromatic rings. The second kappa shape index (κ2) is 6.42. The summed E-state index contributed by atoms with van der Waals surface area (Å²) in [7, 11) is 0. The van der Waals surface area contributed by atoms with Crippen molar-refractivity contribution in [1.82, 2.24) is 20.4 Å². The number of halogens is 1. The van der Waals surface area contributed by atoms with Crippen LogP contribution >= 0.6 is 22.9 Å². The van der Waals surface area contributed by atoms with E-state index in [0.717, 1.165) is 33.7 Å². The van der Waals surface area contributed by atoms with Crippen molar-refractivity contribution in [3.63, 3.8) is 0 Å². The lowest BCUT2D eigenvalue weighted by Gasteiger charge is -2.31. The van der Waals surface area contributed by atoms with Crippen LogP contribution in [-0.4, -0.2) is 27.0 Å². The van der Waals surface area contributed by atoms with Crippen molar-refractivity contribution < 1.29 is 14.1 Å². The highest BCUT2D eigenvalue weighted by Gasteiger charge is 2.54. The van der Waals surface area contributed by atoms with E-state index in [2.05, 4.69) is 15.5 Å². The minimum Gasteiger partial charge on any atom is -0.337 e. The second-order valence-corrected chi connectivity index (χ2v) is 8.29. The fourth-order valence-corrected chi connectivity index (χ4v) is 4.98. The van der Waals surface area contributed by atoms with Crippen LogP contribution in [0.5, 0.6) is 0 Å². The quantitative estimate of drug-likeness (QED) is 0.659. The number of imide groups is 1. The Morgan fingerprint density at radius 2 is 2.07 bits per heavy atom. The molecule has 1 atom stereocenters. The predicted molar refractivity (Wildman–Crippen MR) is 103 cm³/mol. The maximum absolute atomic E-state index is 13.2. The molecule has 0 bridgehead atoms. The molecule has 142 valence electrons. The summed E-state index contributed by atoms with van der Waals surface area (Å²) >= 11 is 7.52. The number of urea groups is 1. The molecule has 1 saturated heterocycles. The number of rotatable bonds is 3. The highest BCUT2D eigenvalue weighted by Crippen LogP contribution is 2.42. The van der Waals surface area contributed by atoms with E-state index in [1.807, 2.05) is 11.4 Å². The summed E-state index contributed by atoms with van der Waals surface area (Å²) in [5.41, 5.74) is 0.684. The van der Waals surface area contributed by atoms with E-state index in [9.17, 15) is 9.59 Å². The van der Waals surface area contributed by atoms with Gasteiger partial charge in [0.2, 0.25) is 11.7 Å². The van der Waals surface area contributed by atoms with Gasteiger partial charge in [0.15, 0.2) is 0 Å². The van der Waals surface area contributed by atoms with Gasteiger partial charge >= 0.3 is 6.03 Å². The number of carbonyl (C=O) groups is 2. The number of aromatic nitrogens is 2. The number of aryl methyl sites for hydroxylation is 1. The first kappa shape index (κ1) is 17.4. The minimum absolute atomic E-state index is 0.0630. The zero-order valence-corrected chi connectivity index (χ0v) is 16.2. The molecule has 3 heterocycles. The number of hydrogen-bond acceptors (Lipinski definition) is 6. The number of hydrogen-bond donors (Lipinski definition) is 1. The van der Waals surface area contributed by atoms with Crippen LogP contribution in [0.1, 0.15) is 29.2 Å². The van der Waals surface area contributed by atoms with Crippen molar-refractivity contribution in [1.29, 1.82) is 0 Å². The zero-order chi connectivity index (χ0) is 19.3. The molecule has 1 aliphatic carbocycles. The molecule has 0 unspecified atom stereocenters. The van der Waals surface area contributed by atoms with Crippen LogP contribution in [0.25, 0.3) is 11.4 Å². The predicted octanol–water partition coefficient (Wildman–Crippen LogP) is 3.74. The number of nitrogens with zero attached hydrogens (tertiary/aromatic N) is 3. The number of benzene rings is 1. The van der Waals surface area contributed by atoms with Crippen molar-refractivity contribution >= 4 is 34.9 Å². The zero-order valence-electron chi connectivity index (χ0n) is 14.6. The van der Waals surface area contributed by atoms with E-state index in [0.29, 0.717) is 17.3 Å². The van der Waals surface area contributed by atoms with Gasteiger partial charge in [-0.15, -0.1) is 11.3 Å². The van der Waals surface area contributed by atoms with Crippen molar-refractivity contribution in [3.05, 3.63) is 57.1 Å². The first-order valence-electron chi connectivity index (χ1n) is 8.86. The molecule has 1 spiro atoms. The summed E-state index contributed by atoms with van der Waals surface area (Å²) in [5.74, 6) is 0.321. The summed E-state index contributed by atoms with van der Waals surface area (Å²) in [4.78, 5) is 32.4. The maximum Gasteiger partial charge on any atom is 0.325 e. The van der Waals surface area contributed by atoms with Gasteiger partial charge in [0.1, 0.15) is 12.1 Å². The number of nitrogens with one attached hydrogen (secondary N) is 1. The van der Waals surface area contributed by atoms with Gasteiger partial charge in [-0.3, -0.25) is 9.69 Å². The number of carbonyl (C=O) groups excluding carboxylic acids is 2. The van der Waals surface area contributed by atoms with Gasteiger partial charge in [-0.1, -0.05) is 16.8 Å². The van der Waals surface area contributed by atoms with Gasteiger partial charge in [-0.2, -0.15) is 4.98 Å². The molecule has 5 rings (SSSR count). The molecule has 0 saturated carbocycles. The molecular weight excluding hydrogens is 400 g/mol. The normalized spacial score (nSPS) is 21.2. The van der Waals surface area contributed by atoms with Crippen molar-refractivity contribution in [2.75, 3.05) is 0 Å². The Bertz CT molecular complexity index is 1080. The van der Waals surface area contributed by atoms with Gasteiger partial charge in [0.05, 0.1) is 0 Å². The Morgan fingerprint density at radius 1 is 1.25 bits per heavy atom. The monoisotopic (exact) mass is 414 g/mol. The van der Waals surface area contributed by atoms with Crippen molar-refractivity contribution in [2.24, 2.45) is 0 Å². The Hall–Kier alpha value is -2.71. The highest BCUT2D eigenvalue weighted by molar-refractivity contribution is 7.10. The van der Waals surface area contributed by atoms with Crippen molar-refractivity contribution in [2.45, 2.75) is 31.3 Å². The van der Waals surface area contributed by atoms with E-state index in [-0.39, 0.29) is 18.3 Å². The SMILES string of the molecule is O=C1N[C@@]2(CCCc3sccc32)C(=O)N1Cc1nc(-c2ccc(Cl)cc2)no1. The molecule has 2 aliphatic rings. The van der Waals surface area contributed by atoms with E-state index < -0.39 is 11.6 Å². The molecular formula is C19H15ClN4O3S. The topological polar surface area (TPSA) is 88.3 Å². The van der Waals surface area contributed by atoms with Gasteiger partial charge in [0.25, 0.3) is 5.91 Å². The van der Waals surface area contributed by atoms with Crippen molar-refractivity contribution in [3.8, 4) is 11.4 Å². The smallest absolute Gasteiger partial charge is 0.325 e. The van der Waals surface area contributed by atoms with E-state index in [1.165, 1.54) is 0 Å². The Morgan fingerprint density at radius 3 is 2.89 bits per heavy atom. The molecule has 2 aromatic heterocycles. The third-order valence-corrected chi connectivity index (χ3v) is 6.43. The molecule has 3 amide bonds. The summed E-state index contributed by atoms with van der Waals surface area (Å²) < 4.78 is 5.27. The summed E-state index contributed by atoms with van der Waals surface area (Å²) in [6, 6.07) is 8.52. The average molecular weight is 415 g/mol. The second-order valence-electron chi connectivity index (χ2n) is 6.86. The van der Waals surface area contributed by atoms with Gasteiger partial charge < -0.3 is 9.84 Å². The van der Waals surface area contributed by atoms with E-state index in [4.69, 9.17) is 16.1 Å². The summed E-state index contributed by atoms with van der Waals surface area (Å²) in [5, 5.41) is 9.44. The Kier molecular flexibility index (Phi) is 3.99. The fraction of sp³-hybridized carbons (Fsp3) is 0.263. The summed E-state index contributed by atoms with van der Waals surface area (Å²) in [6.45, 7) is -0.0630. The molecule has 9 heteroatoms. The lowest BCUT2D eigenvalue weighted by molar-refractivity contribution is -0.132. The number of amides is 3. The molecule has 7 nitrogen and oxygen atoms in total. The first-order valence-corrected chi connectivity index (χ1v) is 10.1.